The smallest absolute Gasteiger partial charge is 0.277 e. The number of aryl methyl sites for hydroxylation is 1. The molecule has 2 aliphatic rings. The van der Waals surface area contributed by atoms with E-state index >= 15 is 0 Å². The molecule has 6 rings (SSSR count). The summed E-state index contributed by atoms with van der Waals surface area (Å²) in [6.07, 6.45) is 8.75. The third-order valence-electron chi connectivity index (χ3n) is 6.15. The highest BCUT2D eigenvalue weighted by molar-refractivity contribution is 7.85. The molecule has 13 heteroatoms. The zero-order chi connectivity index (χ0) is 39.1. The molecule has 0 spiro atoms. The van der Waals surface area contributed by atoms with E-state index in [1.807, 2.05) is 0 Å². The fourth-order valence-electron chi connectivity index (χ4n) is 3.99. The first-order valence-electron chi connectivity index (χ1n) is 18.1. The molecular formula is C29H32FN10OS+. The Morgan fingerprint density at radius 2 is 1.79 bits per heavy atom. The predicted molar refractivity (Wildman–Crippen MR) is 158 cm³/mol. The Balaban J connectivity index is 1.42. The van der Waals surface area contributed by atoms with E-state index in [1.165, 1.54) is 53.3 Å². The SMILES string of the molecule is [2H]C([2H])([2H])n1cc(C2C=c3c(N4C([2H])([2H])C([2H])([2H])N(c5ncc(/C(=N\[S@@](=O)C(C)(C)C)c6ccc(F)cc6)cn5)C([2H])([2H])C4([2H])[2H])ncn[n+]3=C2)cn1. The third kappa shape index (κ3) is 5.69. The van der Waals surface area contributed by atoms with Crippen molar-refractivity contribution in [2.45, 2.75) is 31.4 Å². The molecule has 1 aromatic carbocycles. The first-order chi connectivity index (χ1) is 24.4. The Bertz CT molecular complexity index is 2210. The van der Waals surface area contributed by atoms with Gasteiger partial charge in [0.25, 0.3) is 5.35 Å². The molecule has 0 aliphatic carbocycles. The van der Waals surface area contributed by atoms with Gasteiger partial charge in [0.15, 0.2) is 12.5 Å². The average Bonchev–Trinajstić information content (AvgIpc) is 3.72. The maximum absolute atomic E-state index is 13.8. The Kier molecular flexibility index (Phi) is 4.64. The molecule has 2 aliphatic heterocycles. The number of hydrogen-bond acceptors (Lipinski definition) is 8. The van der Waals surface area contributed by atoms with E-state index in [2.05, 4.69) is 29.5 Å². The summed E-state index contributed by atoms with van der Waals surface area (Å²) >= 11 is 0. The highest BCUT2D eigenvalue weighted by Gasteiger charge is 2.28. The van der Waals surface area contributed by atoms with Gasteiger partial charge in [0, 0.05) is 83.5 Å². The van der Waals surface area contributed by atoms with E-state index < -0.39 is 72.2 Å². The number of piperazine rings is 1. The van der Waals surface area contributed by atoms with E-state index in [0.29, 0.717) is 11.1 Å². The van der Waals surface area contributed by atoms with Crippen LogP contribution in [0.2, 0.25) is 0 Å². The Labute approximate surface area is 260 Å². The normalized spacial score (nSPS) is 26.9. The first-order valence-corrected chi connectivity index (χ1v) is 13.7. The largest absolute Gasteiger partial charge is 0.347 e. The van der Waals surface area contributed by atoms with Crippen LogP contribution < -0.4 is 19.5 Å². The summed E-state index contributed by atoms with van der Waals surface area (Å²) in [5, 5.41) is 7.95. The van der Waals surface area contributed by atoms with Crippen LogP contribution in [0, 0.1) is 12.0 Å². The van der Waals surface area contributed by atoms with Gasteiger partial charge in [0.2, 0.25) is 11.8 Å². The molecule has 1 saturated heterocycles. The Morgan fingerprint density at radius 1 is 1.07 bits per heavy atom. The molecule has 42 heavy (non-hydrogen) atoms. The van der Waals surface area contributed by atoms with Gasteiger partial charge >= 0.3 is 0 Å². The van der Waals surface area contributed by atoms with Crippen molar-refractivity contribution in [3.63, 3.8) is 0 Å². The van der Waals surface area contributed by atoms with Gasteiger partial charge in [-0.05, 0) is 45.0 Å². The second-order valence-electron chi connectivity index (χ2n) is 10.2. The minimum absolute atomic E-state index is 0.0206. The van der Waals surface area contributed by atoms with E-state index in [-0.39, 0.29) is 26.4 Å². The van der Waals surface area contributed by atoms with Crippen molar-refractivity contribution < 1.29 is 28.0 Å². The molecule has 1 unspecified atom stereocenters. The van der Waals surface area contributed by atoms with Crippen molar-refractivity contribution in [1.82, 2.24) is 29.8 Å². The lowest BCUT2D eigenvalue weighted by Crippen LogP contribution is -2.51. The maximum atomic E-state index is 13.8. The number of fused-ring (bicyclic) bond motifs is 1. The minimum Gasteiger partial charge on any atom is -0.347 e. The van der Waals surface area contributed by atoms with Gasteiger partial charge in [-0.25, -0.2) is 23.6 Å². The number of hydrogen-bond donors (Lipinski definition) is 0. The highest BCUT2D eigenvalue weighted by atomic mass is 32.2. The van der Waals surface area contributed by atoms with Gasteiger partial charge < -0.3 is 9.80 Å². The van der Waals surface area contributed by atoms with Crippen molar-refractivity contribution in [1.29, 1.82) is 0 Å². The van der Waals surface area contributed by atoms with Crippen LogP contribution in [0.1, 0.15) is 58.5 Å². The van der Waals surface area contributed by atoms with Crippen LogP contribution in [0.3, 0.4) is 0 Å². The molecule has 11 nitrogen and oxygen atoms in total. The number of benzene rings is 1. The zero-order valence-corrected chi connectivity index (χ0v) is 23.4. The second kappa shape index (κ2) is 11.1. The molecule has 1 fully saturated rings. The molecule has 5 heterocycles. The summed E-state index contributed by atoms with van der Waals surface area (Å²) in [6.45, 7) is -11.0. The van der Waals surface area contributed by atoms with Crippen molar-refractivity contribution in [3.05, 3.63) is 89.5 Å². The summed E-state index contributed by atoms with van der Waals surface area (Å²) in [6, 6.07) is 5.13. The van der Waals surface area contributed by atoms with Gasteiger partial charge in [0.1, 0.15) is 16.8 Å². The number of halogens is 1. The fraction of sp³-hybridized carbons (Fsp3) is 0.345. The summed E-state index contributed by atoms with van der Waals surface area (Å²) in [5.41, 5.74) is 0.948. The molecule has 216 valence electrons. The number of aromatic nitrogens is 7. The van der Waals surface area contributed by atoms with Gasteiger partial charge in [-0.2, -0.15) is 9.50 Å². The molecule has 0 N–H and O–H groups in total. The monoisotopic (exact) mass is 598 g/mol. The Morgan fingerprint density at radius 3 is 2.45 bits per heavy atom. The number of nitrogens with zero attached hydrogens (tertiary/aromatic N) is 10. The van der Waals surface area contributed by atoms with E-state index in [9.17, 15) is 8.60 Å². The molecule has 0 bridgehead atoms. The lowest BCUT2D eigenvalue weighted by Gasteiger charge is -2.34. The highest BCUT2D eigenvalue weighted by Crippen LogP contribution is 2.21. The molecular weight excluding hydrogens is 555 g/mol. The van der Waals surface area contributed by atoms with Gasteiger partial charge in [-0.15, -0.1) is 0 Å². The zero-order valence-electron chi connectivity index (χ0n) is 33.6. The fourth-order valence-corrected chi connectivity index (χ4v) is 4.64. The van der Waals surface area contributed by atoms with Crippen LogP contribution >= 0.6 is 0 Å². The third-order valence-corrected chi connectivity index (χ3v) is 7.54. The van der Waals surface area contributed by atoms with Crippen LogP contribution in [-0.2, 0) is 18.0 Å². The van der Waals surface area contributed by atoms with Crippen LogP contribution in [0.15, 0.2) is 59.8 Å². The van der Waals surface area contributed by atoms with Crippen LogP contribution in [0.25, 0.3) is 6.08 Å². The average molecular weight is 599 g/mol. The molecule has 2 atom stereocenters. The summed E-state index contributed by atoms with van der Waals surface area (Å²) in [7, 11) is -1.81. The molecule has 4 aromatic rings. The van der Waals surface area contributed by atoms with E-state index in [1.54, 1.807) is 20.8 Å². The first kappa shape index (κ1) is 17.5. The summed E-state index contributed by atoms with van der Waals surface area (Å²) in [5.74, 6) is -2.44. The molecule has 3 aromatic heterocycles. The Hall–Kier alpha value is -4.39. The second-order valence-corrected chi connectivity index (χ2v) is 12.1. The lowest BCUT2D eigenvalue weighted by molar-refractivity contribution is -0.589. The van der Waals surface area contributed by atoms with Crippen molar-refractivity contribution in [2.75, 3.05) is 35.8 Å². The summed E-state index contributed by atoms with van der Waals surface area (Å²) < 4.78 is 127. The number of rotatable bonds is 6. The molecule has 0 radical (unpaired) electrons. The van der Waals surface area contributed by atoms with Gasteiger partial charge in [-0.3, -0.25) is 4.68 Å². The quantitative estimate of drug-likeness (QED) is 0.243. The number of anilines is 2. The van der Waals surface area contributed by atoms with Crippen LogP contribution in [0.4, 0.5) is 16.2 Å². The van der Waals surface area contributed by atoms with Crippen LogP contribution in [-0.4, -0.2) is 70.5 Å². The molecule has 0 saturated carbocycles. The van der Waals surface area contributed by atoms with Crippen molar-refractivity contribution in [2.24, 2.45) is 11.4 Å². The van der Waals surface area contributed by atoms with Gasteiger partial charge in [-0.1, -0.05) is 4.36 Å². The summed E-state index contributed by atoms with van der Waals surface area (Å²) in [4.78, 5) is 12.8. The van der Waals surface area contributed by atoms with E-state index in [0.717, 1.165) is 23.4 Å². The topological polar surface area (TPSA) is 111 Å². The molecule has 0 amide bonds. The van der Waals surface area contributed by atoms with Crippen molar-refractivity contribution >= 4 is 34.5 Å². The lowest BCUT2D eigenvalue weighted by atomic mass is 10.1. The van der Waals surface area contributed by atoms with Crippen LogP contribution in [0.5, 0.6) is 0 Å². The van der Waals surface area contributed by atoms with Gasteiger partial charge in [0.05, 0.1) is 33.5 Å². The maximum Gasteiger partial charge on any atom is 0.277 e. The predicted octanol–water partition coefficient (Wildman–Crippen LogP) is 1.64. The standard InChI is InChI=1S/C29H32FN10OS/c1-29(2,3)42(41)36-26(20-5-7-24(30)8-6-20)22-14-31-28(32-15-22)39-11-9-38(10-12-39)27-25-13-21(18-40(25)35-19-33-27)23-16-34-37(4)17-23/h5-8,13-19,21H,9-12H2,1-4H3/q+1/b36-26-/t21?,42-/m0/s1/i4D3,9D2,10D2,11D2,12D2. The van der Waals surface area contributed by atoms with E-state index in [4.69, 9.17) is 15.1 Å². The minimum atomic E-state index is -3.39. The van der Waals surface area contributed by atoms with Crippen molar-refractivity contribution in [3.8, 4) is 0 Å².